The fraction of sp³-hybridized carbons (Fsp3) is 0.600. The molecule has 1 aliphatic heterocycles. The Labute approximate surface area is 245 Å². The Hall–Kier alpha value is -3.32. The van der Waals surface area contributed by atoms with E-state index in [-0.39, 0.29) is 17.3 Å². The van der Waals surface area contributed by atoms with Crippen LogP contribution in [0.3, 0.4) is 0 Å². The van der Waals surface area contributed by atoms with Gasteiger partial charge in [0.05, 0.1) is 6.33 Å². The van der Waals surface area contributed by atoms with E-state index in [2.05, 4.69) is 65.5 Å². The van der Waals surface area contributed by atoms with Gasteiger partial charge in [0, 0.05) is 25.0 Å². The number of aryl methyl sites for hydroxylation is 1. The van der Waals surface area contributed by atoms with Crippen molar-refractivity contribution in [3.63, 3.8) is 0 Å². The smallest absolute Gasteiger partial charge is 0.258 e. The van der Waals surface area contributed by atoms with Crippen molar-refractivity contribution in [3.8, 4) is 0 Å². The van der Waals surface area contributed by atoms with Crippen LogP contribution in [0.5, 0.6) is 0 Å². The van der Waals surface area contributed by atoms with Crippen LogP contribution in [0.15, 0.2) is 30.9 Å². The maximum Gasteiger partial charge on any atom is 0.258 e. The van der Waals surface area contributed by atoms with Crippen molar-refractivity contribution < 1.29 is 19.7 Å². The maximum atomic E-state index is 13.0. The minimum absolute atomic E-state index is 0.0161. The maximum absolute atomic E-state index is 13.0. The number of H-pyrrole nitrogens is 1. The van der Waals surface area contributed by atoms with Crippen LogP contribution < -0.4 is 10.5 Å². The first-order valence-electron chi connectivity index (χ1n) is 14.9. The van der Waals surface area contributed by atoms with Crippen LogP contribution >= 0.6 is 0 Å². The molecule has 3 aromatic heterocycles. The zero-order valence-electron chi connectivity index (χ0n) is 24.9. The summed E-state index contributed by atoms with van der Waals surface area (Å²) in [5.41, 5.74) is 9.50. The van der Waals surface area contributed by atoms with Crippen molar-refractivity contribution in [2.75, 3.05) is 12.3 Å². The molecule has 4 aromatic rings. The zero-order chi connectivity index (χ0) is 29.9. The molecule has 6 rings (SSSR count). The first-order chi connectivity index (χ1) is 19.9. The van der Waals surface area contributed by atoms with Gasteiger partial charge in [0.25, 0.3) is 5.82 Å². The number of benzene rings is 1. The molecule has 4 heterocycles. The number of fused-ring (bicyclic) bond motifs is 2. The predicted molar refractivity (Wildman–Crippen MR) is 158 cm³/mol. The third-order valence-corrected chi connectivity index (χ3v) is 9.13. The van der Waals surface area contributed by atoms with Gasteiger partial charge in [0.1, 0.15) is 30.2 Å². The molecule has 1 saturated carbocycles. The molecule has 42 heavy (non-hydrogen) atoms. The Bertz CT molecular complexity index is 1570. The van der Waals surface area contributed by atoms with E-state index in [0.717, 1.165) is 35.1 Å². The highest BCUT2D eigenvalue weighted by atomic mass is 16.6. The van der Waals surface area contributed by atoms with Gasteiger partial charge >= 0.3 is 0 Å². The molecule has 0 amide bonds. The SMILES string of the molecule is CC(C)N(C[C@H]1O[C@@H](n2cnc3c(N)ncnc32)[C@H](O)[C@@H]1O)[C@H]1C[C@@H](CCc2[nH]c3ccc(C(C)(C)C)cc3[n+]2[O-])C1. The van der Waals surface area contributed by atoms with Crippen LogP contribution in [-0.4, -0.2) is 76.6 Å². The monoisotopic (exact) mass is 578 g/mol. The van der Waals surface area contributed by atoms with E-state index in [1.807, 2.05) is 12.1 Å². The molecule has 1 aliphatic carbocycles. The van der Waals surface area contributed by atoms with Crippen molar-refractivity contribution in [2.24, 2.45) is 5.92 Å². The van der Waals surface area contributed by atoms with Crippen LogP contribution in [0, 0.1) is 11.1 Å². The van der Waals surface area contributed by atoms with E-state index < -0.39 is 24.5 Å². The van der Waals surface area contributed by atoms with Gasteiger partial charge in [-0.15, -0.1) is 0 Å². The molecule has 0 radical (unpaired) electrons. The summed E-state index contributed by atoms with van der Waals surface area (Å²) in [4.78, 5) is 18.2. The number of aliphatic hydroxyl groups is 2. The van der Waals surface area contributed by atoms with E-state index in [9.17, 15) is 15.4 Å². The topological polar surface area (TPSA) is 165 Å². The van der Waals surface area contributed by atoms with Gasteiger partial charge in [-0.2, -0.15) is 0 Å². The summed E-state index contributed by atoms with van der Waals surface area (Å²) in [6, 6.07) is 6.68. The number of ether oxygens (including phenoxy) is 1. The molecule has 2 fully saturated rings. The predicted octanol–water partition coefficient (Wildman–Crippen LogP) is 2.56. The molecule has 5 N–H and O–H groups in total. The van der Waals surface area contributed by atoms with E-state index in [1.54, 1.807) is 4.57 Å². The molecule has 0 bridgehead atoms. The van der Waals surface area contributed by atoms with Crippen LogP contribution in [-0.2, 0) is 16.6 Å². The molecule has 226 valence electrons. The zero-order valence-corrected chi connectivity index (χ0v) is 24.9. The van der Waals surface area contributed by atoms with Crippen LogP contribution in [0.2, 0.25) is 0 Å². The Morgan fingerprint density at radius 1 is 1.19 bits per heavy atom. The Morgan fingerprint density at radius 2 is 1.95 bits per heavy atom. The lowest BCUT2D eigenvalue weighted by atomic mass is 9.76. The average molecular weight is 579 g/mol. The summed E-state index contributed by atoms with van der Waals surface area (Å²) in [6.07, 6.45) is 2.92. The van der Waals surface area contributed by atoms with Gasteiger partial charge in [-0.1, -0.05) is 26.8 Å². The second-order valence-electron chi connectivity index (χ2n) is 13.3. The largest absolute Gasteiger partial charge is 0.710 e. The molecular weight excluding hydrogens is 536 g/mol. The highest BCUT2D eigenvalue weighted by Gasteiger charge is 2.46. The molecule has 2 aliphatic rings. The summed E-state index contributed by atoms with van der Waals surface area (Å²) >= 11 is 0. The first kappa shape index (κ1) is 28.8. The number of nitrogens with zero attached hydrogens (tertiary/aromatic N) is 6. The molecule has 12 heteroatoms. The molecule has 0 unspecified atom stereocenters. The van der Waals surface area contributed by atoms with Gasteiger partial charge < -0.3 is 25.9 Å². The average Bonchev–Trinajstić information content (AvgIpc) is 3.56. The standard InChI is InChI=1S/C30H42N8O4/c1-16(2)36(13-22-25(39)26(40)29(42-22)37-15-34-24-27(31)32-14-33-28(24)37)19-10-17(11-19)6-9-23-35-20-8-7-18(30(3,4)5)12-21(20)38(23)41/h7-8,12,14-17,19,22,25-26,29,35,39-40H,6,9-11,13H2,1-5H3,(H2,31,32,33)/t17-,19+,22-,25-,26-,29-/m1/s1. The molecular formula is C30H42N8O4. The number of aromatic nitrogens is 6. The number of nitrogen functional groups attached to an aromatic ring is 1. The number of rotatable bonds is 8. The van der Waals surface area contributed by atoms with E-state index in [4.69, 9.17) is 10.5 Å². The Morgan fingerprint density at radius 3 is 2.67 bits per heavy atom. The minimum atomic E-state index is -1.14. The number of nitrogens with one attached hydrogen (secondary N) is 1. The third-order valence-electron chi connectivity index (χ3n) is 9.13. The van der Waals surface area contributed by atoms with Crippen LogP contribution in [0.4, 0.5) is 5.82 Å². The molecule has 1 aromatic carbocycles. The summed E-state index contributed by atoms with van der Waals surface area (Å²) in [7, 11) is 0. The third kappa shape index (κ3) is 5.10. The van der Waals surface area contributed by atoms with Gasteiger partial charge in [-0.25, -0.2) is 24.7 Å². The summed E-state index contributed by atoms with van der Waals surface area (Å²) in [6.45, 7) is 11.2. The summed E-state index contributed by atoms with van der Waals surface area (Å²) < 4.78 is 8.89. The second-order valence-corrected chi connectivity index (χ2v) is 13.3. The normalized spacial score (nSPS) is 26.6. The number of imidazole rings is 2. The van der Waals surface area contributed by atoms with Crippen molar-refractivity contribution in [3.05, 3.63) is 47.4 Å². The fourth-order valence-corrected chi connectivity index (χ4v) is 6.49. The number of aromatic amines is 1. The highest BCUT2D eigenvalue weighted by molar-refractivity contribution is 5.81. The van der Waals surface area contributed by atoms with Crippen molar-refractivity contribution in [1.82, 2.24) is 29.4 Å². The van der Waals surface area contributed by atoms with Crippen LogP contribution in [0.1, 0.15) is 71.5 Å². The molecule has 0 spiro atoms. The number of anilines is 1. The van der Waals surface area contributed by atoms with Gasteiger partial charge in [-0.05, 0) is 62.1 Å². The number of nitrogens with two attached hydrogens (primary N) is 1. The molecule has 1 saturated heterocycles. The van der Waals surface area contributed by atoms with Gasteiger partial charge in [-0.3, -0.25) is 9.47 Å². The summed E-state index contributed by atoms with van der Waals surface area (Å²) in [5, 5.41) is 34.9. The number of hydrogen-bond donors (Lipinski definition) is 4. The first-order valence-corrected chi connectivity index (χ1v) is 14.9. The second kappa shape index (κ2) is 10.7. The fourth-order valence-electron chi connectivity index (χ4n) is 6.49. The van der Waals surface area contributed by atoms with Crippen molar-refractivity contribution in [2.45, 2.75) is 102 Å². The number of aliphatic hydroxyl groups excluding tert-OH is 2. The highest BCUT2D eigenvalue weighted by Crippen LogP contribution is 2.38. The van der Waals surface area contributed by atoms with Crippen molar-refractivity contribution in [1.29, 1.82) is 0 Å². The Balaban J connectivity index is 1.07. The van der Waals surface area contributed by atoms with Gasteiger partial charge in [0.15, 0.2) is 28.7 Å². The summed E-state index contributed by atoms with van der Waals surface area (Å²) in [5.74, 6) is 1.47. The molecule has 12 nitrogen and oxygen atoms in total. The Kier molecular flexibility index (Phi) is 7.37. The minimum Gasteiger partial charge on any atom is -0.710 e. The van der Waals surface area contributed by atoms with E-state index >= 15 is 0 Å². The van der Waals surface area contributed by atoms with E-state index in [0.29, 0.717) is 47.4 Å². The number of hydrogen-bond acceptors (Lipinski definition) is 9. The van der Waals surface area contributed by atoms with E-state index in [1.165, 1.54) is 12.7 Å². The van der Waals surface area contributed by atoms with Crippen molar-refractivity contribution >= 4 is 28.0 Å². The lowest BCUT2D eigenvalue weighted by Crippen LogP contribution is -2.52. The lowest BCUT2D eigenvalue weighted by molar-refractivity contribution is -0.586. The van der Waals surface area contributed by atoms with Crippen LogP contribution in [0.25, 0.3) is 22.2 Å². The molecule has 4 atom stereocenters. The quantitative estimate of drug-likeness (QED) is 0.182. The lowest BCUT2D eigenvalue weighted by Gasteiger charge is -2.46. The van der Waals surface area contributed by atoms with Gasteiger partial charge in [0.2, 0.25) is 0 Å².